The van der Waals surface area contributed by atoms with Crippen LogP contribution in [-0.2, 0) is 14.3 Å². The van der Waals surface area contributed by atoms with Gasteiger partial charge in [0.1, 0.15) is 0 Å². The predicted molar refractivity (Wildman–Crippen MR) is 58.3 cm³/mol. The molecule has 2 N–H and O–H groups in total. The molecular formula is C8H10NNaO4S. The number of carbonyl (C=O) groups excluding carboxylic acids is 1. The Labute approximate surface area is 110 Å². The Morgan fingerprint density at radius 1 is 1.40 bits per heavy atom. The molecule has 0 aliphatic rings. The van der Waals surface area contributed by atoms with Gasteiger partial charge in [0.15, 0.2) is 0 Å². The second-order valence-corrected chi connectivity index (χ2v) is 4.28. The minimum absolute atomic E-state index is 0. The van der Waals surface area contributed by atoms with E-state index < -0.39 is 16.1 Å². The van der Waals surface area contributed by atoms with Crippen molar-refractivity contribution in [3.63, 3.8) is 0 Å². The number of hydrogen-bond donors (Lipinski definition) is 1. The summed E-state index contributed by atoms with van der Waals surface area (Å²) >= 11 is 0. The number of benzene rings is 1. The molecule has 0 aliphatic heterocycles. The topological polar surface area (TPSA) is 86.5 Å². The van der Waals surface area contributed by atoms with Gasteiger partial charge in [-0.25, -0.2) is 4.79 Å². The molecule has 0 unspecified atom stereocenters. The number of hydrogen-bond acceptors (Lipinski definition) is 5. The molecule has 5 nitrogen and oxygen atoms in total. The summed E-state index contributed by atoms with van der Waals surface area (Å²) in [7, 11) is -3.77. The van der Waals surface area contributed by atoms with Gasteiger partial charge in [-0.05, 0) is 18.2 Å². The second kappa shape index (κ2) is 5.50. The van der Waals surface area contributed by atoms with Gasteiger partial charge >= 0.3 is 45.6 Å². The Morgan fingerprint density at radius 2 is 2.00 bits per heavy atom. The Hall–Kier alpha value is -0.560. The number of nitrogen functional groups attached to an aromatic ring is 1. The molecule has 0 fully saturated rings. The molecule has 0 aromatic heterocycles. The molecule has 78 valence electrons. The molecule has 0 saturated carbocycles. The van der Waals surface area contributed by atoms with E-state index in [1.54, 1.807) is 6.07 Å². The van der Waals surface area contributed by atoms with Crippen molar-refractivity contribution in [2.45, 2.75) is 0 Å². The van der Waals surface area contributed by atoms with Gasteiger partial charge in [-0.2, -0.15) is 8.42 Å². The fourth-order valence-electron chi connectivity index (χ4n) is 0.851. The molecule has 0 amide bonds. The number of rotatable bonds is 2. The zero-order valence-electron chi connectivity index (χ0n) is 7.43. The van der Waals surface area contributed by atoms with Gasteiger partial charge < -0.3 is 9.92 Å². The fraction of sp³-hybridized carbons (Fsp3) is 0.125. The van der Waals surface area contributed by atoms with Gasteiger partial charge in [-0.3, -0.25) is 0 Å². The normalized spacial score (nSPS) is 10.2. The summed E-state index contributed by atoms with van der Waals surface area (Å²) in [6.45, 7) is 0. The van der Waals surface area contributed by atoms with E-state index in [2.05, 4.69) is 4.18 Å². The molecule has 0 saturated heterocycles. The predicted octanol–water partition coefficient (Wildman–Crippen LogP) is -0.263. The van der Waals surface area contributed by atoms with Crippen LogP contribution in [-0.4, -0.2) is 50.2 Å². The van der Waals surface area contributed by atoms with Gasteiger partial charge in [0.25, 0.3) is 0 Å². The van der Waals surface area contributed by atoms with E-state index >= 15 is 0 Å². The maximum absolute atomic E-state index is 11.2. The van der Waals surface area contributed by atoms with E-state index in [1.807, 2.05) is 0 Å². The molecule has 0 spiro atoms. The van der Waals surface area contributed by atoms with Crippen LogP contribution < -0.4 is 5.73 Å². The van der Waals surface area contributed by atoms with Crippen molar-refractivity contribution in [1.82, 2.24) is 0 Å². The van der Waals surface area contributed by atoms with Crippen LogP contribution in [0.5, 0.6) is 0 Å². The van der Waals surface area contributed by atoms with E-state index in [-0.39, 0.29) is 35.1 Å². The fourth-order valence-corrected chi connectivity index (χ4v) is 1.22. The third kappa shape index (κ3) is 5.17. The van der Waals surface area contributed by atoms with Crippen molar-refractivity contribution >= 4 is 51.3 Å². The third-order valence-corrected chi connectivity index (χ3v) is 1.80. The Bertz CT molecular complexity index is 457. The first-order valence-corrected chi connectivity index (χ1v) is 5.49. The van der Waals surface area contributed by atoms with Crippen LogP contribution in [0.25, 0.3) is 0 Å². The molecule has 0 heterocycles. The summed E-state index contributed by atoms with van der Waals surface area (Å²) in [6.07, 6.45) is 0.803. The van der Waals surface area contributed by atoms with Crippen molar-refractivity contribution in [3.8, 4) is 0 Å². The van der Waals surface area contributed by atoms with Crippen LogP contribution >= 0.6 is 0 Å². The Balaban J connectivity index is 0.00000196. The summed E-state index contributed by atoms with van der Waals surface area (Å²) in [4.78, 5) is 11.2. The molecule has 0 atom stereocenters. The third-order valence-electron chi connectivity index (χ3n) is 1.35. The van der Waals surface area contributed by atoms with E-state index in [0.717, 1.165) is 6.26 Å². The van der Waals surface area contributed by atoms with Gasteiger partial charge in [-0.1, -0.05) is 6.07 Å². The first kappa shape index (κ1) is 14.4. The Morgan fingerprint density at radius 3 is 2.47 bits per heavy atom. The number of nitrogens with two attached hydrogens (primary N) is 1. The number of anilines is 1. The van der Waals surface area contributed by atoms with Crippen molar-refractivity contribution < 1.29 is 17.4 Å². The van der Waals surface area contributed by atoms with Gasteiger partial charge in [-0.15, -0.1) is 0 Å². The summed E-state index contributed by atoms with van der Waals surface area (Å²) in [5.41, 5.74) is 5.88. The zero-order valence-corrected chi connectivity index (χ0v) is 8.24. The molecule has 1 rings (SSSR count). The van der Waals surface area contributed by atoms with Crippen LogP contribution in [0.15, 0.2) is 24.3 Å². The molecule has 15 heavy (non-hydrogen) atoms. The van der Waals surface area contributed by atoms with Gasteiger partial charge in [0.2, 0.25) is 0 Å². The van der Waals surface area contributed by atoms with E-state index in [1.165, 1.54) is 18.2 Å². The van der Waals surface area contributed by atoms with Gasteiger partial charge in [0, 0.05) is 5.69 Å². The van der Waals surface area contributed by atoms with Crippen LogP contribution in [0, 0.1) is 0 Å². The van der Waals surface area contributed by atoms with Crippen molar-refractivity contribution in [2.24, 2.45) is 0 Å². The first-order valence-electron chi connectivity index (χ1n) is 3.68. The standard InChI is InChI=1S/C8H9NO4S.Na.H/c1-14(11,12)13-8(10)6-3-2-4-7(9)5-6;;/h2-5H,9H2,1H3;;. The second-order valence-electron chi connectivity index (χ2n) is 2.70. The average molecular weight is 239 g/mol. The Kier molecular flexibility index (Phi) is 5.30. The zero-order chi connectivity index (χ0) is 10.8. The molecule has 1 aromatic rings. The van der Waals surface area contributed by atoms with E-state index in [9.17, 15) is 13.2 Å². The number of carbonyl (C=O) groups is 1. The summed E-state index contributed by atoms with van der Waals surface area (Å²) < 4.78 is 25.4. The minimum atomic E-state index is -3.77. The summed E-state index contributed by atoms with van der Waals surface area (Å²) in [5.74, 6) is -0.931. The maximum atomic E-state index is 11.2. The van der Waals surface area contributed by atoms with Crippen LogP contribution in [0.3, 0.4) is 0 Å². The van der Waals surface area contributed by atoms with Crippen molar-refractivity contribution in [3.05, 3.63) is 29.8 Å². The van der Waals surface area contributed by atoms with Crippen molar-refractivity contribution in [1.29, 1.82) is 0 Å². The summed E-state index contributed by atoms with van der Waals surface area (Å²) in [5, 5.41) is 0. The van der Waals surface area contributed by atoms with E-state index in [0.29, 0.717) is 5.69 Å². The SMILES string of the molecule is CS(=O)(=O)OC(=O)c1cccc(N)c1.[NaH]. The van der Waals surface area contributed by atoms with Crippen LogP contribution in [0.2, 0.25) is 0 Å². The van der Waals surface area contributed by atoms with Crippen LogP contribution in [0.4, 0.5) is 5.69 Å². The molecular weight excluding hydrogens is 229 g/mol. The molecule has 1 aromatic carbocycles. The molecule has 0 bridgehead atoms. The molecule has 7 heteroatoms. The summed E-state index contributed by atoms with van der Waals surface area (Å²) in [6, 6.07) is 5.88. The first-order chi connectivity index (χ1) is 6.38. The molecule has 0 aliphatic carbocycles. The van der Waals surface area contributed by atoms with E-state index in [4.69, 9.17) is 5.73 Å². The van der Waals surface area contributed by atoms with Gasteiger partial charge in [0.05, 0.1) is 11.8 Å². The van der Waals surface area contributed by atoms with Crippen molar-refractivity contribution in [2.75, 3.05) is 12.0 Å². The monoisotopic (exact) mass is 239 g/mol. The molecule has 0 radical (unpaired) electrons. The quantitative estimate of drug-likeness (QED) is 0.436. The average Bonchev–Trinajstić information content (AvgIpc) is 2.01. The van der Waals surface area contributed by atoms with Crippen LogP contribution in [0.1, 0.15) is 10.4 Å².